The normalized spacial score (nSPS) is 10.8. The fraction of sp³-hybridized carbons (Fsp3) is 0.273. The Morgan fingerprint density at radius 3 is 2.93 bits per heavy atom. The van der Waals surface area contributed by atoms with Crippen molar-refractivity contribution in [3.05, 3.63) is 28.1 Å². The quantitative estimate of drug-likeness (QED) is 0.744. The van der Waals surface area contributed by atoms with Gasteiger partial charge in [0.1, 0.15) is 5.75 Å². The smallest absolute Gasteiger partial charge is 0.137 e. The summed E-state index contributed by atoms with van der Waals surface area (Å²) in [5.74, 6) is 0.965. The lowest BCUT2D eigenvalue weighted by Gasteiger charge is -2.02. The highest BCUT2D eigenvalue weighted by Crippen LogP contribution is 2.36. The van der Waals surface area contributed by atoms with Crippen molar-refractivity contribution in [3.63, 3.8) is 0 Å². The van der Waals surface area contributed by atoms with Gasteiger partial charge in [0.2, 0.25) is 0 Å². The minimum atomic E-state index is 0.702. The van der Waals surface area contributed by atoms with E-state index in [2.05, 4.69) is 0 Å². The summed E-state index contributed by atoms with van der Waals surface area (Å²) in [5.41, 5.74) is 1.14. The maximum atomic E-state index is 6.04. The maximum absolute atomic E-state index is 6.04. The van der Waals surface area contributed by atoms with Gasteiger partial charge in [-0.2, -0.15) is 0 Å². The molecule has 3 heteroatoms. The highest BCUT2D eigenvalue weighted by atomic mass is 35.5. The number of benzene rings is 1. The largest absolute Gasteiger partial charge is 0.492 e. The number of halogens is 1. The van der Waals surface area contributed by atoms with Crippen molar-refractivity contribution >= 4 is 33.0 Å². The summed E-state index contributed by atoms with van der Waals surface area (Å²) >= 11 is 7.73. The molecule has 14 heavy (non-hydrogen) atoms. The topological polar surface area (TPSA) is 9.23 Å². The van der Waals surface area contributed by atoms with E-state index in [1.54, 1.807) is 11.3 Å². The molecule has 2 aromatic rings. The molecule has 0 spiro atoms. The standard InChI is InChI=1S/C11H11ClOS/c1-3-13-10-6-14-11-7(2)9(12)5-4-8(10)11/h4-6H,3H2,1-2H3. The van der Waals surface area contributed by atoms with Crippen LogP contribution in [0.1, 0.15) is 12.5 Å². The maximum Gasteiger partial charge on any atom is 0.137 e. The Labute approximate surface area is 92.3 Å². The zero-order valence-corrected chi connectivity index (χ0v) is 9.71. The van der Waals surface area contributed by atoms with Crippen molar-refractivity contribution in [2.75, 3.05) is 6.61 Å². The Morgan fingerprint density at radius 2 is 2.21 bits per heavy atom. The first-order valence-corrected chi connectivity index (χ1v) is 5.79. The van der Waals surface area contributed by atoms with Gasteiger partial charge in [-0.3, -0.25) is 0 Å². The van der Waals surface area contributed by atoms with E-state index in [1.165, 1.54) is 10.1 Å². The van der Waals surface area contributed by atoms with Crippen molar-refractivity contribution in [1.82, 2.24) is 0 Å². The molecular weight excluding hydrogens is 216 g/mol. The van der Waals surface area contributed by atoms with Crippen LogP contribution in [0.2, 0.25) is 5.02 Å². The molecule has 0 aliphatic carbocycles. The number of fused-ring (bicyclic) bond motifs is 1. The van der Waals surface area contributed by atoms with Crippen LogP contribution in [-0.4, -0.2) is 6.61 Å². The van der Waals surface area contributed by atoms with Gasteiger partial charge in [-0.25, -0.2) is 0 Å². The first-order valence-electron chi connectivity index (χ1n) is 4.53. The number of aryl methyl sites for hydroxylation is 1. The van der Waals surface area contributed by atoms with Gasteiger partial charge >= 0.3 is 0 Å². The third kappa shape index (κ3) is 1.49. The van der Waals surface area contributed by atoms with E-state index < -0.39 is 0 Å². The molecule has 0 aliphatic heterocycles. The summed E-state index contributed by atoms with van der Waals surface area (Å²) in [6.45, 7) is 4.73. The van der Waals surface area contributed by atoms with Gasteiger partial charge < -0.3 is 4.74 Å². The van der Waals surface area contributed by atoms with Crippen LogP contribution in [0, 0.1) is 6.92 Å². The van der Waals surface area contributed by atoms with Gasteiger partial charge in [0.05, 0.1) is 6.61 Å². The van der Waals surface area contributed by atoms with Crippen LogP contribution in [0.15, 0.2) is 17.5 Å². The van der Waals surface area contributed by atoms with Crippen LogP contribution in [0.5, 0.6) is 5.75 Å². The number of rotatable bonds is 2. The third-order valence-electron chi connectivity index (χ3n) is 2.19. The summed E-state index contributed by atoms with van der Waals surface area (Å²) < 4.78 is 6.74. The van der Waals surface area contributed by atoms with Crippen LogP contribution in [0.3, 0.4) is 0 Å². The Bertz CT molecular complexity index is 462. The zero-order valence-electron chi connectivity index (χ0n) is 8.13. The predicted octanol–water partition coefficient (Wildman–Crippen LogP) is 4.26. The Balaban J connectivity index is 2.64. The highest BCUT2D eigenvalue weighted by molar-refractivity contribution is 7.17. The van der Waals surface area contributed by atoms with E-state index in [-0.39, 0.29) is 0 Å². The fourth-order valence-corrected chi connectivity index (χ4v) is 2.67. The molecule has 1 heterocycles. The summed E-state index contributed by atoms with van der Waals surface area (Å²) in [4.78, 5) is 0. The van der Waals surface area contributed by atoms with Crippen LogP contribution in [0.25, 0.3) is 10.1 Å². The molecule has 0 bridgehead atoms. The highest BCUT2D eigenvalue weighted by Gasteiger charge is 2.08. The van der Waals surface area contributed by atoms with E-state index in [9.17, 15) is 0 Å². The molecule has 1 nitrogen and oxygen atoms in total. The van der Waals surface area contributed by atoms with E-state index >= 15 is 0 Å². The second-order valence-corrected chi connectivity index (χ2v) is 4.37. The number of hydrogen-bond acceptors (Lipinski definition) is 2. The monoisotopic (exact) mass is 226 g/mol. The molecule has 1 aromatic carbocycles. The number of ether oxygens (including phenoxy) is 1. The van der Waals surface area contributed by atoms with Crippen LogP contribution < -0.4 is 4.74 Å². The lowest BCUT2D eigenvalue weighted by atomic mass is 10.2. The van der Waals surface area contributed by atoms with Crippen molar-refractivity contribution in [2.24, 2.45) is 0 Å². The molecule has 0 saturated heterocycles. The number of hydrogen-bond donors (Lipinski definition) is 0. The van der Waals surface area contributed by atoms with Crippen LogP contribution in [-0.2, 0) is 0 Å². The first-order chi connectivity index (χ1) is 6.74. The average Bonchev–Trinajstić information content (AvgIpc) is 2.57. The summed E-state index contributed by atoms with van der Waals surface area (Å²) in [6.07, 6.45) is 0. The van der Waals surface area contributed by atoms with Crippen molar-refractivity contribution in [1.29, 1.82) is 0 Å². The molecule has 2 rings (SSSR count). The summed E-state index contributed by atoms with van der Waals surface area (Å²) in [5, 5.41) is 4.03. The molecule has 0 fully saturated rings. The second-order valence-electron chi connectivity index (χ2n) is 3.08. The Kier molecular flexibility index (Phi) is 2.66. The molecule has 1 aromatic heterocycles. The van der Waals surface area contributed by atoms with Gasteiger partial charge in [-0.1, -0.05) is 11.6 Å². The van der Waals surface area contributed by atoms with Crippen molar-refractivity contribution < 1.29 is 4.74 Å². The van der Waals surface area contributed by atoms with Gasteiger partial charge in [-0.15, -0.1) is 11.3 Å². The van der Waals surface area contributed by atoms with E-state index in [0.717, 1.165) is 16.3 Å². The van der Waals surface area contributed by atoms with Crippen molar-refractivity contribution in [2.45, 2.75) is 13.8 Å². The average molecular weight is 227 g/mol. The molecule has 0 radical (unpaired) electrons. The van der Waals surface area contributed by atoms with Crippen LogP contribution in [0.4, 0.5) is 0 Å². The minimum absolute atomic E-state index is 0.702. The Hall–Kier alpha value is -0.730. The van der Waals surface area contributed by atoms with E-state index in [1.807, 2.05) is 31.4 Å². The van der Waals surface area contributed by atoms with Gasteiger partial charge in [0, 0.05) is 20.5 Å². The molecule has 0 unspecified atom stereocenters. The number of thiophene rings is 1. The molecule has 74 valence electrons. The van der Waals surface area contributed by atoms with Gasteiger partial charge in [-0.05, 0) is 31.5 Å². The lowest BCUT2D eigenvalue weighted by molar-refractivity contribution is 0.345. The SMILES string of the molecule is CCOc1csc2c(C)c(Cl)ccc12. The molecule has 0 saturated carbocycles. The molecule has 0 aliphatic rings. The van der Waals surface area contributed by atoms with E-state index in [0.29, 0.717) is 6.61 Å². The fourth-order valence-electron chi connectivity index (χ4n) is 1.46. The minimum Gasteiger partial charge on any atom is -0.492 e. The first kappa shape index (κ1) is 9.81. The van der Waals surface area contributed by atoms with Crippen LogP contribution >= 0.6 is 22.9 Å². The molecule has 0 amide bonds. The predicted molar refractivity (Wildman–Crippen MR) is 62.7 cm³/mol. The van der Waals surface area contributed by atoms with Crippen molar-refractivity contribution in [3.8, 4) is 5.75 Å². The molecule has 0 atom stereocenters. The lowest BCUT2D eigenvalue weighted by Crippen LogP contribution is -1.89. The molecule has 0 N–H and O–H groups in total. The third-order valence-corrected chi connectivity index (χ3v) is 3.69. The van der Waals surface area contributed by atoms with E-state index in [4.69, 9.17) is 16.3 Å². The zero-order chi connectivity index (χ0) is 10.1. The Morgan fingerprint density at radius 1 is 1.43 bits per heavy atom. The second kappa shape index (κ2) is 3.79. The van der Waals surface area contributed by atoms with Gasteiger partial charge in [0.25, 0.3) is 0 Å². The van der Waals surface area contributed by atoms with Gasteiger partial charge in [0.15, 0.2) is 0 Å². The molecular formula is C11H11ClOS. The summed E-state index contributed by atoms with van der Waals surface area (Å²) in [7, 11) is 0. The summed E-state index contributed by atoms with van der Waals surface area (Å²) in [6, 6.07) is 3.95.